The number of carbonyl (C=O) groups excluding carboxylic acids is 2. The number of nitrogens with zero attached hydrogens (tertiary/aromatic N) is 4. The van der Waals surface area contributed by atoms with E-state index in [1.54, 1.807) is 41.9 Å². The predicted molar refractivity (Wildman–Crippen MR) is 112 cm³/mol. The maximum atomic E-state index is 13.0. The molecular weight excluding hydrogens is 406 g/mol. The molecule has 0 saturated carbocycles. The SMILES string of the molecule is Cc1ccc(C)c(S(=O)(=O)N2CCN(C(=O)CCC(=O)Nc3cnn(C)c3)CC2)c1. The zero-order valence-electron chi connectivity index (χ0n) is 17.5. The van der Waals surface area contributed by atoms with Crippen molar-refractivity contribution >= 4 is 27.5 Å². The van der Waals surface area contributed by atoms with Gasteiger partial charge >= 0.3 is 0 Å². The van der Waals surface area contributed by atoms with Gasteiger partial charge in [0.25, 0.3) is 0 Å². The number of piperazine rings is 1. The predicted octanol–water partition coefficient (Wildman–Crippen LogP) is 1.29. The van der Waals surface area contributed by atoms with Gasteiger partial charge in [-0.25, -0.2) is 8.42 Å². The third kappa shape index (κ3) is 5.06. The van der Waals surface area contributed by atoms with Gasteiger partial charge < -0.3 is 10.2 Å². The van der Waals surface area contributed by atoms with E-state index in [4.69, 9.17) is 0 Å². The summed E-state index contributed by atoms with van der Waals surface area (Å²) in [6.45, 7) is 4.75. The van der Waals surface area contributed by atoms with Crippen molar-refractivity contribution in [3.8, 4) is 0 Å². The highest BCUT2D eigenvalue weighted by molar-refractivity contribution is 7.89. The minimum Gasteiger partial charge on any atom is -0.340 e. The number of hydrogen-bond acceptors (Lipinski definition) is 5. The Labute approximate surface area is 176 Å². The quantitative estimate of drug-likeness (QED) is 0.739. The van der Waals surface area contributed by atoms with Crippen LogP contribution in [0.5, 0.6) is 0 Å². The van der Waals surface area contributed by atoms with Crippen molar-refractivity contribution in [2.24, 2.45) is 7.05 Å². The van der Waals surface area contributed by atoms with Crippen LogP contribution >= 0.6 is 0 Å². The lowest BCUT2D eigenvalue weighted by Gasteiger charge is -2.34. The average Bonchev–Trinajstić information content (AvgIpc) is 3.12. The molecule has 0 spiro atoms. The van der Waals surface area contributed by atoms with Crippen LogP contribution in [0.1, 0.15) is 24.0 Å². The summed E-state index contributed by atoms with van der Waals surface area (Å²) in [6.07, 6.45) is 3.36. The zero-order valence-corrected chi connectivity index (χ0v) is 18.3. The fraction of sp³-hybridized carbons (Fsp3) is 0.450. The van der Waals surface area contributed by atoms with Gasteiger partial charge in [-0.3, -0.25) is 14.3 Å². The molecule has 1 fully saturated rings. The fourth-order valence-electron chi connectivity index (χ4n) is 3.39. The Morgan fingerprint density at radius 2 is 1.80 bits per heavy atom. The van der Waals surface area contributed by atoms with Gasteiger partial charge in [0.1, 0.15) is 0 Å². The van der Waals surface area contributed by atoms with Crippen LogP contribution in [0.2, 0.25) is 0 Å². The van der Waals surface area contributed by atoms with Crippen LogP contribution in [0.15, 0.2) is 35.5 Å². The number of benzene rings is 1. The molecule has 162 valence electrons. The molecule has 9 nitrogen and oxygen atoms in total. The maximum absolute atomic E-state index is 13.0. The van der Waals surface area contributed by atoms with Crippen LogP contribution in [0.4, 0.5) is 5.69 Å². The van der Waals surface area contributed by atoms with Crippen LogP contribution in [0.3, 0.4) is 0 Å². The molecule has 2 aromatic rings. The van der Waals surface area contributed by atoms with Crippen molar-refractivity contribution in [3.05, 3.63) is 41.7 Å². The smallest absolute Gasteiger partial charge is 0.243 e. The molecule has 0 radical (unpaired) electrons. The second kappa shape index (κ2) is 8.97. The van der Waals surface area contributed by atoms with E-state index in [1.807, 2.05) is 13.0 Å². The minimum atomic E-state index is -3.60. The number of aromatic nitrogens is 2. The van der Waals surface area contributed by atoms with E-state index >= 15 is 0 Å². The maximum Gasteiger partial charge on any atom is 0.243 e. The molecule has 2 heterocycles. The fourth-order valence-corrected chi connectivity index (χ4v) is 5.12. The summed E-state index contributed by atoms with van der Waals surface area (Å²) in [6, 6.07) is 5.37. The number of sulfonamides is 1. The lowest BCUT2D eigenvalue weighted by atomic mass is 10.2. The number of aryl methyl sites for hydroxylation is 3. The second-order valence-electron chi connectivity index (χ2n) is 7.50. The van der Waals surface area contributed by atoms with Crippen molar-refractivity contribution in [1.29, 1.82) is 0 Å². The van der Waals surface area contributed by atoms with Gasteiger partial charge in [-0.15, -0.1) is 0 Å². The first-order chi connectivity index (χ1) is 14.2. The molecule has 1 aliphatic rings. The lowest BCUT2D eigenvalue weighted by Crippen LogP contribution is -2.50. The molecule has 1 saturated heterocycles. The molecule has 1 aromatic carbocycles. The topological polar surface area (TPSA) is 105 Å². The normalized spacial score (nSPS) is 15.2. The van der Waals surface area contributed by atoms with Crippen LogP contribution in [0, 0.1) is 13.8 Å². The highest BCUT2D eigenvalue weighted by atomic mass is 32.2. The molecular formula is C20H27N5O4S. The van der Waals surface area contributed by atoms with Gasteiger partial charge in [-0.1, -0.05) is 12.1 Å². The molecule has 3 rings (SSSR count). The summed E-state index contributed by atoms with van der Waals surface area (Å²) in [7, 11) is -1.85. The van der Waals surface area contributed by atoms with E-state index in [0.29, 0.717) is 29.2 Å². The molecule has 1 aliphatic heterocycles. The molecule has 0 atom stereocenters. The third-order valence-corrected chi connectivity index (χ3v) is 7.15. The average molecular weight is 434 g/mol. The molecule has 0 aliphatic carbocycles. The van der Waals surface area contributed by atoms with E-state index < -0.39 is 10.0 Å². The highest BCUT2D eigenvalue weighted by Gasteiger charge is 2.31. The first kappa shape index (κ1) is 22.0. The number of nitrogens with one attached hydrogen (secondary N) is 1. The third-order valence-electron chi connectivity index (χ3n) is 5.11. The van der Waals surface area contributed by atoms with Crippen LogP contribution < -0.4 is 5.32 Å². The summed E-state index contributed by atoms with van der Waals surface area (Å²) in [5.74, 6) is -0.410. The minimum absolute atomic E-state index is 0.0642. The summed E-state index contributed by atoms with van der Waals surface area (Å²) in [5.41, 5.74) is 2.18. The molecule has 1 aromatic heterocycles. The Kier molecular flexibility index (Phi) is 6.57. The summed E-state index contributed by atoms with van der Waals surface area (Å²) >= 11 is 0. The molecule has 30 heavy (non-hydrogen) atoms. The monoisotopic (exact) mass is 433 g/mol. The van der Waals surface area contributed by atoms with Gasteiger partial charge in [-0.2, -0.15) is 9.40 Å². The molecule has 0 bridgehead atoms. The highest BCUT2D eigenvalue weighted by Crippen LogP contribution is 2.22. The van der Waals surface area contributed by atoms with E-state index in [2.05, 4.69) is 10.4 Å². The van der Waals surface area contributed by atoms with Gasteiger partial charge in [-0.05, 0) is 31.0 Å². The van der Waals surface area contributed by atoms with E-state index in [1.165, 1.54) is 10.5 Å². The van der Waals surface area contributed by atoms with Crippen LogP contribution in [-0.2, 0) is 26.7 Å². The van der Waals surface area contributed by atoms with E-state index in [9.17, 15) is 18.0 Å². The number of carbonyl (C=O) groups is 2. The Balaban J connectivity index is 1.51. The standard InChI is InChI=1S/C20H27N5O4S/c1-15-4-5-16(2)18(12-15)30(28,29)25-10-8-24(9-11-25)20(27)7-6-19(26)22-17-13-21-23(3)14-17/h4-5,12-14H,6-11H2,1-3H3,(H,22,26). The van der Waals surface area contributed by atoms with Gasteiger partial charge in [0, 0.05) is 52.3 Å². The zero-order chi connectivity index (χ0) is 21.9. The first-order valence-electron chi connectivity index (χ1n) is 9.80. The Morgan fingerprint density at radius 1 is 1.10 bits per heavy atom. The largest absolute Gasteiger partial charge is 0.340 e. The van der Waals surface area contributed by atoms with Crippen molar-refractivity contribution in [2.75, 3.05) is 31.5 Å². The van der Waals surface area contributed by atoms with Crippen LogP contribution in [-0.4, -0.2) is 65.4 Å². The number of hydrogen-bond donors (Lipinski definition) is 1. The molecule has 1 N–H and O–H groups in total. The van der Waals surface area contributed by atoms with Crippen molar-refractivity contribution < 1.29 is 18.0 Å². The molecule has 2 amide bonds. The molecule has 10 heteroatoms. The van der Waals surface area contributed by atoms with Crippen molar-refractivity contribution in [3.63, 3.8) is 0 Å². The van der Waals surface area contributed by atoms with Crippen LogP contribution in [0.25, 0.3) is 0 Å². The van der Waals surface area contributed by atoms with Gasteiger partial charge in [0.15, 0.2) is 0 Å². The summed E-state index contributed by atoms with van der Waals surface area (Å²) in [5, 5.41) is 6.67. The lowest BCUT2D eigenvalue weighted by molar-refractivity contribution is -0.133. The molecule has 0 unspecified atom stereocenters. The van der Waals surface area contributed by atoms with Gasteiger partial charge in [0.05, 0.1) is 16.8 Å². The summed E-state index contributed by atoms with van der Waals surface area (Å²) < 4.78 is 29.0. The van der Waals surface area contributed by atoms with Gasteiger partial charge in [0.2, 0.25) is 21.8 Å². The second-order valence-corrected chi connectivity index (χ2v) is 9.41. The Bertz CT molecular complexity index is 1040. The van der Waals surface area contributed by atoms with Crippen molar-refractivity contribution in [1.82, 2.24) is 19.0 Å². The Morgan fingerprint density at radius 3 is 2.43 bits per heavy atom. The number of anilines is 1. The van der Waals surface area contributed by atoms with Crippen molar-refractivity contribution in [2.45, 2.75) is 31.6 Å². The number of amides is 2. The Hall–Kier alpha value is -2.72. The summed E-state index contributed by atoms with van der Waals surface area (Å²) in [4.78, 5) is 26.4. The van der Waals surface area contributed by atoms with E-state index in [0.717, 1.165) is 5.56 Å². The number of rotatable bonds is 6. The van der Waals surface area contributed by atoms with E-state index in [-0.39, 0.29) is 37.7 Å². The first-order valence-corrected chi connectivity index (χ1v) is 11.2.